The van der Waals surface area contributed by atoms with Gasteiger partial charge in [0.15, 0.2) is 5.84 Å². The second-order valence-electron chi connectivity index (χ2n) is 6.96. The Labute approximate surface area is 193 Å². The number of hydrogen-bond acceptors (Lipinski definition) is 8. The molecule has 1 atom stereocenters. The Morgan fingerprint density at radius 2 is 2.09 bits per heavy atom. The number of carbonyl (C=O) groups is 2. The number of methoxy groups -OCH3 is 1. The number of amidine groups is 1. The highest BCUT2D eigenvalue weighted by atomic mass is 19.4. The molecule has 182 valence electrons. The van der Waals surface area contributed by atoms with Crippen molar-refractivity contribution in [1.29, 1.82) is 10.8 Å². The minimum atomic E-state index is -4.68. The number of rotatable bonds is 11. The molecule has 3 N–H and O–H groups in total. The zero-order chi connectivity index (χ0) is 25.3. The van der Waals surface area contributed by atoms with Gasteiger partial charge in [0.05, 0.1) is 25.6 Å². The van der Waals surface area contributed by atoms with Gasteiger partial charge in [-0.25, -0.2) is 14.8 Å². The van der Waals surface area contributed by atoms with Crippen molar-refractivity contribution in [2.75, 3.05) is 19.0 Å². The molecular weight excluding hydrogens is 457 g/mol. The number of hydrogen-bond donors (Lipinski definition) is 3. The Hall–Kier alpha value is -4.03. The van der Waals surface area contributed by atoms with Gasteiger partial charge in [0, 0.05) is 12.2 Å². The fraction of sp³-hybridized carbons (Fsp3) is 0.333. The van der Waals surface area contributed by atoms with Crippen molar-refractivity contribution in [1.82, 2.24) is 14.9 Å². The van der Waals surface area contributed by atoms with Gasteiger partial charge in [-0.2, -0.15) is 13.2 Å². The summed E-state index contributed by atoms with van der Waals surface area (Å²) in [4.78, 5) is 31.6. The van der Waals surface area contributed by atoms with Crippen molar-refractivity contribution in [2.45, 2.75) is 32.0 Å². The summed E-state index contributed by atoms with van der Waals surface area (Å²) in [5, 5.41) is 18.4. The number of amides is 1. The van der Waals surface area contributed by atoms with E-state index in [4.69, 9.17) is 15.6 Å². The van der Waals surface area contributed by atoms with Crippen LogP contribution in [0.1, 0.15) is 41.4 Å². The van der Waals surface area contributed by atoms with Gasteiger partial charge in [-0.05, 0) is 38.0 Å². The van der Waals surface area contributed by atoms with Crippen LogP contribution in [0.2, 0.25) is 0 Å². The Morgan fingerprint density at radius 1 is 1.35 bits per heavy atom. The van der Waals surface area contributed by atoms with Crippen LogP contribution < -0.4 is 10.1 Å². The van der Waals surface area contributed by atoms with Gasteiger partial charge in [0.2, 0.25) is 12.3 Å². The van der Waals surface area contributed by atoms with Gasteiger partial charge in [-0.3, -0.25) is 15.6 Å². The number of pyridine rings is 2. The lowest BCUT2D eigenvalue weighted by atomic mass is 10.1. The van der Waals surface area contributed by atoms with E-state index in [1.807, 2.05) is 0 Å². The van der Waals surface area contributed by atoms with E-state index in [2.05, 4.69) is 20.0 Å². The number of anilines is 1. The summed E-state index contributed by atoms with van der Waals surface area (Å²) >= 11 is 0. The van der Waals surface area contributed by atoms with Gasteiger partial charge in [-0.15, -0.1) is 0 Å². The van der Waals surface area contributed by atoms with Crippen molar-refractivity contribution in [3.05, 3.63) is 47.3 Å². The second-order valence-corrected chi connectivity index (χ2v) is 6.96. The van der Waals surface area contributed by atoms with Gasteiger partial charge in [0.25, 0.3) is 0 Å². The molecule has 2 heterocycles. The van der Waals surface area contributed by atoms with Crippen LogP contribution in [0.15, 0.2) is 30.5 Å². The minimum absolute atomic E-state index is 0.0167. The van der Waals surface area contributed by atoms with Crippen LogP contribution in [0.4, 0.5) is 19.0 Å². The predicted octanol–water partition coefficient (Wildman–Crippen LogP) is 3.33. The Bertz CT molecular complexity index is 1050. The van der Waals surface area contributed by atoms with Crippen LogP contribution in [0, 0.1) is 10.8 Å². The average molecular weight is 480 g/mol. The largest absolute Gasteiger partial charge is 0.477 e. The van der Waals surface area contributed by atoms with Crippen molar-refractivity contribution < 1.29 is 32.2 Å². The fourth-order valence-corrected chi connectivity index (χ4v) is 2.92. The first-order valence-electron chi connectivity index (χ1n) is 9.95. The molecule has 34 heavy (non-hydrogen) atoms. The van der Waals surface area contributed by atoms with Gasteiger partial charge in [-0.1, -0.05) is 6.07 Å². The molecule has 10 nitrogen and oxygen atoms in total. The number of esters is 1. The Morgan fingerprint density at radius 3 is 2.71 bits per heavy atom. The first-order valence-corrected chi connectivity index (χ1v) is 9.95. The molecule has 0 aliphatic carbocycles. The molecule has 2 aromatic heterocycles. The SMILES string of the molecule is COC(=O)c1cc(C(F)(F)F)cnc1OCCCC(C)N(C=N)C(=N)c1cccc(NC=O)n1. The standard InChI is InChI=1S/C21H23F3N6O4/c1-13(30(11-25)18(26)16-6-3-7-17(29-16)28-12-31)5-4-8-34-19-15(20(32)33-2)9-14(10-27-19)21(22,23)24/h3,6-7,9-13,25-26H,4-5,8H2,1-2H3,(H,28,29,31). The van der Waals surface area contributed by atoms with Crippen molar-refractivity contribution in [2.24, 2.45) is 0 Å². The first-order chi connectivity index (χ1) is 16.1. The third-order valence-corrected chi connectivity index (χ3v) is 4.66. The van der Waals surface area contributed by atoms with Gasteiger partial charge in [0.1, 0.15) is 17.1 Å². The van der Waals surface area contributed by atoms with Gasteiger partial charge >= 0.3 is 12.1 Å². The molecule has 0 saturated heterocycles. The molecule has 0 aliphatic heterocycles. The quantitative estimate of drug-likeness (QED) is 0.147. The normalized spacial score (nSPS) is 11.8. The Kier molecular flexibility index (Phi) is 9.04. The third kappa shape index (κ3) is 6.73. The fourth-order valence-electron chi connectivity index (χ4n) is 2.92. The number of alkyl halides is 3. The highest BCUT2D eigenvalue weighted by Crippen LogP contribution is 2.31. The zero-order valence-electron chi connectivity index (χ0n) is 18.3. The highest BCUT2D eigenvalue weighted by Gasteiger charge is 2.33. The summed E-state index contributed by atoms with van der Waals surface area (Å²) in [6, 6.07) is 5.02. The minimum Gasteiger partial charge on any atom is -0.477 e. The molecule has 2 aromatic rings. The zero-order valence-corrected chi connectivity index (χ0v) is 18.3. The molecule has 13 heteroatoms. The Balaban J connectivity index is 2.01. The number of aromatic nitrogens is 2. The van der Waals surface area contributed by atoms with E-state index in [-0.39, 0.29) is 35.9 Å². The van der Waals surface area contributed by atoms with Crippen LogP contribution in [-0.4, -0.2) is 59.2 Å². The van der Waals surface area contributed by atoms with E-state index >= 15 is 0 Å². The monoisotopic (exact) mass is 480 g/mol. The molecule has 1 amide bonds. The lowest BCUT2D eigenvalue weighted by molar-refractivity contribution is -0.137. The molecule has 0 aromatic carbocycles. The van der Waals surface area contributed by atoms with Crippen LogP contribution >= 0.6 is 0 Å². The maximum absolute atomic E-state index is 12.9. The molecule has 1 unspecified atom stereocenters. The third-order valence-electron chi connectivity index (χ3n) is 4.66. The van der Waals surface area contributed by atoms with E-state index in [1.165, 1.54) is 4.90 Å². The predicted molar refractivity (Wildman–Crippen MR) is 116 cm³/mol. The molecule has 2 rings (SSSR count). The average Bonchev–Trinajstić information content (AvgIpc) is 2.81. The van der Waals surface area contributed by atoms with E-state index in [0.717, 1.165) is 13.4 Å². The molecule has 0 radical (unpaired) electrons. The second kappa shape index (κ2) is 11.7. The summed E-state index contributed by atoms with van der Waals surface area (Å²) in [5.41, 5.74) is -1.30. The number of ether oxygens (including phenoxy) is 2. The molecule has 0 spiro atoms. The molecule has 0 bridgehead atoms. The first kappa shape index (κ1) is 26.2. The van der Waals surface area contributed by atoms with Crippen molar-refractivity contribution in [3.8, 4) is 5.88 Å². The summed E-state index contributed by atoms with van der Waals surface area (Å²) in [5.74, 6) is -1.10. The number of halogens is 3. The van der Waals surface area contributed by atoms with Crippen molar-refractivity contribution >= 4 is 30.4 Å². The molecule has 0 fully saturated rings. The maximum Gasteiger partial charge on any atom is 0.417 e. The van der Waals surface area contributed by atoms with Crippen LogP contribution in [0.25, 0.3) is 0 Å². The number of nitrogens with zero attached hydrogens (tertiary/aromatic N) is 3. The maximum atomic E-state index is 12.9. The van der Waals surface area contributed by atoms with Crippen LogP contribution in [0.5, 0.6) is 5.88 Å². The topological polar surface area (TPSA) is 141 Å². The lowest BCUT2D eigenvalue weighted by Crippen LogP contribution is -2.38. The summed E-state index contributed by atoms with van der Waals surface area (Å²) in [6.07, 6.45) is -1.86. The van der Waals surface area contributed by atoms with Crippen LogP contribution in [0.3, 0.4) is 0 Å². The smallest absolute Gasteiger partial charge is 0.417 e. The number of carbonyl (C=O) groups excluding carboxylic acids is 2. The summed E-state index contributed by atoms with van der Waals surface area (Å²) in [6.45, 7) is 1.78. The van der Waals surface area contributed by atoms with E-state index in [9.17, 15) is 22.8 Å². The van der Waals surface area contributed by atoms with E-state index in [1.54, 1.807) is 25.1 Å². The summed E-state index contributed by atoms with van der Waals surface area (Å²) < 4.78 is 48.7. The van der Waals surface area contributed by atoms with Gasteiger partial charge < -0.3 is 19.7 Å². The van der Waals surface area contributed by atoms with E-state index in [0.29, 0.717) is 31.5 Å². The van der Waals surface area contributed by atoms with E-state index < -0.39 is 23.3 Å². The summed E-state index contributed by atoms with van der Waals surface area (Å²) in [7, 11) is 1.04. The number of nitrogens with one attached hydrogen (secondary N) is 3. The van der Waals surface area contributed by atoms with Crippen LogP contribution in [-0.2, 0) is 15.7 Å². The lowest BCUT2D eigenvalue weighted by Gasteiger charge is -2.26. The molecule has 0 saturated carbocycles. The highest BCUT2D eigenvalue weighted by molar-refractivity contribution is 6.01. The molecule has 0 aliphatic rings. The molecular formula is C21H23F3N6O4. The van der Waals surface area contributed by atoms with Crippen molar-refractivity contribution in [3.63, 3.8) is 0 Å².